The normalized spacial score (nSPS) is 16.3. The number of carbonyl (C=O) groups excluding carboxylic acids is 2. The van der Waals surface area contributed by atoms with Crippen LogP contribution in [0.15, 0.2) is 79.1 Å². The molecule has 2 atom stereocenters. The molecule has 1 aliphatic rings. The Labute approximate surface area is 291 Å². The van der Waals surface area contributed by atoms with Crippen LogP contribution < -0.4 is 25.4 Å². The molecule has 1 saturated heterocycles. The highest BCUT2D eigenvalue weighted by molar-refractivity contribution is 6.03. The van der Waals surface area contributed by atoms with Crippen LogP contribution in [0.5, 0.6) is 17.2 Å². The van der Waals surface area contributed by atoms with Gasteiger partial charge < -0.3 is 24.8 Å². The number of nitrogens with one attached hydrogen (secondary N) is 3. The molecule has 2 aromatic carbocycles. The van der Waals surface area contributed by atoms with Gasteiger partial charge in [-0.05, 0) is 73.5 Å². The second-order valence-electron chi connectivity index (χ2n) is 11.5. The third kappa shape index (κ3) is 8.34. The topological polar surface area (TPSA) is 142 Å². The van der Waals surface area contributed by atoms with Crippen LogP contribution in [0.3, 0.4) is 0 Å². The Bertz CT molecular complexity index is 2050. The first-order valence-electron chi connectivity index (χ1n) is 15.7. The van der Waals surface area contributed by atoms with E-state index in [0.717, 1.165) is 23.9 Å². The van der Waals surface area contributed by atoms with Crippen molar-refractivity contribution < 1.29 is 50.1 Å². The highest BCUT2D eigenvalue weighted by atomic mass is 19.4. The second-order valence-corrected chi connectivity index (χ2v) is 11.5. The Morgan fingerprint density at radius 2 is 1.65 bits per heavy atom. The Hall–Kier alpha value is -5.91. The maximum Gasteiger partial charge on any atom is 0.490 e. The van der Waals surface area contributed by atoms with Crippen molar-refractivity contribution in [2.24, 2.45) is 0 Å². The largest absolute Gasteiger partial charge is 0.497 e. The summed E-state index contributed by atoms with van der Waals surface area (Å²) in [4.78, 5) is 32.8. The van der Waals surface area contributed by atoms with E-state index in [1.165, 1.54) is 30.5 Å². The number of methoxy groups -OCH3 is 1. The van der Waals surface area contributed by atoms with Gasteiger partial charge in [0.2, 0.25) is 0 Å². The summed E-state index contributed by atoms with van der Waals surface area (Å²) in [7, 11) is 1.54. The highest BCUT2D eigenvalue weighted by Gasteiger charge is 2.44. The molecule has 4 heterocycles. The molecule has 1 aliphatic heterocycles. The van der Waals surface area contributed by atoms with Crippen LogP contribution >= 0.6 is 0 Å². The number of nitrogens with zero attached hydrogens (tertiary/aromatic N) is 4. The van der Waals surface area contributed by atoms with E-state index < -0.39 is 42.1 Å². The van der Waals surface area contributed by atoms with Gasteiger partial charge in [-0.25, -0.2) is 19.4 Å². The number of esters is 1. The molecule has 0 spiro atoms. The summed E-state index contributed by atoms with van der Waals surface area (Å²) in [6.07, 6.45) is -7.81. The number of ether oxygens (including phenoxy) is 3. The van der Waals surface area contributed by atoms with Crippen molar-refractivity contribution in [1.29, 1.82) is 0 Å². The van der Waals surface area contributed by atoms with E-state index in [1.807, 2.05) is 12.1 Å². The number of alkyl halides is 6. The fourth-order valence-corrected chi connectivity index (χ4v) is 5.42. The number of hydrogen-bond donors (Lipinski definition) is 3. The maximum absolute atomic E-state index is 13.1. The second kappa shape index (κ2) is 14.7. The average molecular weight is 730 g/mol. The van der Waals surface area contributed by atoms with E-state index in [0.29, 0.717) is 36.2 Å². The number of carbonyl (C=O) groups is 2. The Morgan fingerprint density at radius 3 is 2.35 bits per heavy atom. The van der Waals surface area contributed by atoms with Crippen LogP contribution in [-0.2, 0) is 22.3 Å². The van der Waals surface area contributed by atoms with Gasteiger partial charge in [-0.1, -0.05) is 12.1 Å². The molecule has 3 aromatic heterocycles. The lowest BCUT2D eigenvalue weighted by atomic mass is 10.1. The number of pyridine rings is 2. The van der Waals surface area contributed by atoms with E-state index >= 15 is 0 Å². The fraction of sp³-hybridized carbons (Fsp3) is 0.265. The molecule has 1 unspecified atom stereocenters. The monoisotopic (exact) mass is 729 g/mol. The van der Waals surface area contributed by atoms with Crippen molar-refractivity contribution in [1.82, 2.24) is 25.1 Å². The van der Waals surface area contributed by atoms with E-state index in [9.17, 15) is 35.9 Å². The van der Waals surface area contributed by atoms with E-state index in [-0.39, 0.29) is 35.2 Å². The van der Waals surface area contributed by atoms with Crippen molar-refractivity contribution in [2.45, 2.75) is 44.0 Å². The molecule has 0 aliphatic carbocycles. The molecule has 18 heteroatoms. The first kappa shape index (κ1) is 35.9. The van der Waals surface area contributed by atoms with Crippen molar-refractivity contribution >= 4 is 34.5 Å². The molecule has 0 saturated carbocycles. The lowest BCUT2D eigenvalue weighted by Gasteiger charge is -2.32. The number of rotatable bonds is 10. The third-order valence-corrected chi connectivity index (χ3v) is 7.95. The van der Waals surface area contributed by atoms with Crippen molar-refractivity contribution in [3.05, 3.63) is 95.8 Å². The zero-order valence-corrected chi connectivity index (χ0v) is 27.1. The van der Waals surface area contributed by atoms with Gasteiger partial charge in [0, 0.05) is 24.0 Å². The van der Waals surface area contributed by atoms with Gasteiger partial charge in [0.15, 0.2) is 17.7 Å². The van der Waals surface area contributed by atoms with Gasteiger partial charge >= 0.3 is 18.3 Å². The summed E-state index contributed by atoms with van der Waals surface area (Å²) in [6, 6.07) is 15.2. The minimum atomic E-state index is -5.19. The third-order valence-electron chi connectivity index (χ3n) is 7.95. The Morgan fingerprint density at radius 1 is 0.942 bits per heavy atom. The average Bonchev–Trinajstić information content (AvgIpc) is 3.46. The number of anilines is 2. The minimum absolute atomic E-state index is 0.102. The molecule has 12 nitrogen and oxygen atoms in total. The molecule has 52 heavy (non-hydrogen) atoms. The number of benzene rings is 2. The summed E-state index contributed by atoms with van der Waals surface area (Å²) in [5.74, 6) is -1.99. The summed E-state index contributed by atoms with van der Waals surface area (Å²) < 4.78 is 96.3. The van der Waals surface area contributed by atoms with Crippen molar-refractivity contribution in [2.75, 3.05) is 24.3 Å². The number of hydrogen-bond acceptors (Lipinski definition) is 10. The zero-order valence-electron chi connectivity index (χ0n) is 27.1. The first-order valence-corrected chi connectivity index (χ1v) is 15.7. The Balaban J connectivity index is 1.28. The van der Waals surface area contributed by atoms with Gasteiger partial charge in [-0.3, -0.25) is 10.1 Å². The van der Waals surface area contributed by atoms with Crippen LogP contribution in [-0.4, -0.2) is 63.7 Å². The SMILES string of the molecule is COc1ccc(Cn2nc(N[C@@H]3CCCNC3OC(=O)C(F)(F)F)c3c(Oc4ccc(C(=O)Nc5cc(C(F)(F)F)ccn5)cc4)ccnc32)cc1. The summed E-state index contributed by atoms with van der Waals surface area (Å²) >= 11 is 0. The predicted molar refractivity (Wildman–Crippen MR) is 174 cm³/mol. The van der Waals surface area contributed by atoms with Crippen molar-refractivity contribution in [3.63, 3.8) is 0 Å². The molecule has 272 valence electrons. The van der Waals surface area contributed by atoms with E-state index in [1.54, 1.807) is 30.0 Å². The number of piperidine rings is 1. The molecule has 5 aromatic rings. The molecule has 1 fully saturated rings. The molecule has 1 amide bonds. The molecule has 0 bridgehead atoms. The minimum Gasteiger partial charge on any atom is -0.497 e. The maximum atomic E-state index is 13.1. The number of fused-ring (bicyclic) bond motifs is 1. The first-order chi connectivity index (χ1) is 24.8. The lowest BCUT2D eigenvalue weighted by molar-refractivity contribution is -0.207. The van der Waals surface area contributed by atoms with Gasteiger partial charge in [0.05, 0.1) is 25.3 Å². The standard InChI is InChI=1S/C34H29F6N7O5/c1-50-22-8-4-19(5-9-22)18-47-29-27(28(46-47)44-24-3-2-14-43-31(24)52-32(49)34(38,39)40)25(13-16-42-29)51-23-10-6-20(7-11-23)30(48)45-26-17-21(12-15-41-26)33(35,36)37/h4-13,15-17,24,31,43H,2-3,14,18H2,1H3,(H,44,46)(H,41,45,48)/t24-,31?/m1/s1. The smallest absolute Gasteiger partial charge is 0.490 e. The van der Waals surface area contributed by atoms with Crippen LogP contribution in [0.25, 0.3) is 11.0 Å². The molecule has 0 radical (unpaired) electrons. The molecular formula is C34H29F6N7O5. The van der Waals surface area contributed by atoms with Crippen molar-refractivity contribution in [3.8, 4) is 17.2 Å². The number of amides is 1. The molecule has 6 rings (SSSR count). The highest BCUT2D eigenvalue weighted by Crippen LogP contribution is 2.36. The van der Waals surface area contributed by atoms with Crippen LogP contribution in [0.1, 0.15) is 34.3 Å². The van der Waals surface area contributed by atoms with Gasteiger partial charge in [0.1, 0.15) is 28.5 Å². The Kier molecular flexibility index (Phi) is 10.2. The van der Waals surface area contributed by atoms with Gasteiger partial charge in [0.25, 0.3) is 5.91 Å². The van der Waals surface area contributed by atoms with Gasteiger partial charge in [-0.15, -0.1) is 0 Å². The predicted octanol–water partition coefficient (Wildman–Crippen LogP) is 6.54. The molecule has 3 N–H and O–H groups in total. The summed E-state index contributed by atoms with van der Waals surface area (Å²) in [5, 5.41) is 13.3. The fourth-order valence-electron chi connectivity index (χ4n) is 5.42. The lowest BCUT2D eigenvalue weighted by Crippen LogP contribution is -2.52. The quantitative estimate of drug-likeness (QED) is 0.107. The summed E-state index contributed by atoms with van der Waals surface area (Å²) in [6.45, 7) is 0.555. The van der Waals surface area contributed by atoms with E-state index in [2.05, 4.69) is 25.9 Å². The number of halogens is 6. The summed E-state index contributed by atoms with van der Waals surface area (Å²) in [5.41, 5.74) is 0.317. The van der Waals surface area contributed by atoms with Crippen LogP contribution in [0, 0.1) is 0 Å². The van der Waals surface area contributed by atoms with E-state index in [4.69, 9.17) is 19.3 Å². The zero-order chi connectivity index (χ0) is 37.0. The molecular weight excluding hydrogens is 700 g/mol. The van der Waals surface area contributed by atoms with Crippen LogP contribution in [0.4, 0.5) is 38.0 Å². The van der Waals surface area contributed by atoms with Gasteiger partial charge in [-0.2, -0.15) is 31.4 Å². The number of aromatic nitrogens is 4. The van der Waals surface area contributed by atoms with Crippen LogP contribution in [0.2, 0.25) is 0 Å².